The van der Waals surface area contributed by atoms with Gasteiger partial charge in [0.1, 0.15) is 30.0 Å². The molecule has 4 N–H and O–H groups in total. The molecule has 2 aromatic carbocycles. The molecule has 10 nitrogen and oxygen atoms in total. The third kappa shape index (κ3) is 4.62. The molecule has 35 heavy (non-hydrogen) atoms. The average molecular weight is 482 g/mol. The molecular formula is C25H26N2O8. The van der Waals surface area contributed by atoms with E-state index in [1.807, 2.05) is 0 Å². The van der Waals surface area contributed by atoms with Crippen LogP contribution < -0.4 is 5.56 Å². The molecule has 0 unspecified atom stereocenters. The van der Waals surface area contributed by atoms with E-state index < -0.39 is 48.8 Å². The zero-order chi connectivity index (χ0) is 25.1. The summed E-state index contributed by atoms with van der Waals surface area (Å²) < 4.78 is 11.5. The summed E-state index contributed by atoms with van der Waals surface area (Å²) in [7, 11) is 0. The van der Waals surface area contributed by atoms with Gasteiger partial charge in [0.15, 0.2) is 6.23 Å². The first-order valence-corrected chi connectivity index (χ1v) is 11.1. The Morgan fingerprint density at radius 2 is 1.57 bits per heavy atom. The first-order chi connectivity index (χ1) is 16.9. The lowest BCUT2D eigenvalue weighted by Gasteiger charge is -2.40. The van der Waals surface area contributed by atoms with E-state index in [1.54, 1.807) is 67.6 Å². The highest BCUT2D eigenvalue weighted by Crippen LogP contribution is 2.34. The average Bonchev–Trinajstić information content (AvgIpc) is 2.88. The fraction of sp³-hybridized carbons (Fsp3) is 0.320. The Balaban J connectivity index is 2.04. The highest BCUT2D eigenvalue weighted by atomic mass is 16.6. The number of aromatic nitrogens is 2. The standard InChI is InChI=1S/C25H26N2O8/c1-2-34-25(33)18-17(14-9-5-3-6-10-14)19(15-11-7-4-8-12-15)26-27(23(18)32)24-22(31)21(30)20(29)16(13-28)35-24/h3-12,16,20-22,24,28-31H,2,13H2,1H3/t16-,20-,21+,22-,24-/m1/s1. The van der Waals surface area contributed by atoms with Crippen LogP contribution in [0.25, 0.3) is 22.4 Å². The van der Waals surface area contributed by atoms with Gasteiger partial charge in [0, 0.05) is 11.1 Å². The number of esters is 1. The Bertz CT molecular complexity index is 1230. The first kappa shape index (κ1) is 24.7. The van der Waals surface area contributed by atoms with Gasteiger partial charge in [-0.15, -0.1) is 0 Å². The van der Waals surface area contributed by atoms with E-state index >= 15 is 0 Å². The number of rotatable bonds is 6. The molecule has 0 spiro atoms. The molecule has 0 amide bonds. The number of benzene rings is 2. The summed E-state index contributed by atoms with van der Waals surface area (Å²) in [4.78, 5) is 26.8. The van der Waals surface area contributed by atoms with Crippen LogP contribution in [0.2, 0.25) is 0 Å². The van der Waals surface area contributed by atoms with Gasteiger partial charge in [-0.1, -0.05) is 60.7 Å². The number of carbonyl (C=O) groups is 1. The molecule has 0 saturated carbocycles. The Hall–Kier alpha value is -3.41. The van der Waals surface area contributed by atoms with Crippen LogP contribution >= 0.6 is 0 Å². The monoisotopic (exact) mass is 482 g/mol. The summed E-state index contributed by atoms with van der Waals surface area (Å²) in [6, 6.07) is 17.6. The minimum absolute atomic E-state index is 0.00947. The number of ether oxygens (including phenoxy) is 2. The van der Waals surface area contributed by atoms with Gasteiger partial charge in [-0.2, -0.15) is 9.78 Å². The molecule has 2 heterocycles. The Morgan fingerprint density at radius 3 is 2.14 bits per heavy atom. The van der Waals surface area contributed by atoms with Crippen molar-refractivity contribution in [1.29, 1.82) is 0 Å². The quantitative estimate of drug-likeness (QED) is 0.373. The largest absolute Gasteiger partial charge is 0.462 e. The van der Waals surface area contributed by atoms with Crippen LogP contribution in [0, 0.1) is 0 Å². The fourth-order valence-corrected chi connectivity index (χ4v) is 4.08. The first-order valence-electron chi connectivity index (χ1n) is 11.1. The van der Waals surface area contributed by atoms with Gasteiger partial charge >= 0.3 is 5.97 Å². The van der Waals surface area contributed by atoms with E-state index in [0.717, 1.165) is 4.68 Å². The van der Waals surface area contributed by atoms with Crippen LogP contribution in [-0.2, 0) is 9.47 Å². The number of aliphatic hydroxyl groups excluding tert-OH is 4. The van der Waals surface area contributed by atoms with E-state index in [4.69, 9.17) is 9.47 Å². The summed E-state index contributed by atoms with van der Waals surface area (Å²) in [5, 5.41) is 45.1. The highest BCUT2D eigenvalue weighted by Gasteiger charge is 2.45. The molecule has 1 aromatic heterocycles. The van der Waals surface area contributed by atoms with Crippen molar-refractivity contribution >= 4 is 5.97 Å². The van der Waals surface area contributed by atoms with Crippen LogP contribution in [0.1, 0.15) is 23.5 Å². The summed E-state index contributed by atoms with van der Waals surface area (Å²) in [5.41, 5.74) is 0.322. The van der Waals surface area contributed by atoms with Crippen molar-refractivity contribution in [3.05, 3.63) is 76.6 Å². The predicted molar refractivity (Wildman–Crippen MR) is 124 cm³/mol. The molecule has 184 valence electrons. The van der Waals surface area contributed by atoms with Crippen molar-refractivity contribution in [2.45, 2.75) is 37.6 Å². The molecule has 1 saturated heterocycles. The third-order valence-corrected chi connectivity index (χ3v) is 5.81. The lowest BCUT2D eigenvalue weighted by molar-refractivity contribution is -0.254. The highest BCUT2D eigenvalue weighted by molar-refractivity contribution is 6.00. The van der Waals surface area contributed by atoms with E-state index in [1.165, 1.54) is 0 Å². The maximum atomic E-state index is 13.7. The smallest absolute Gasteiger partial charge is 0.344 e. The van der Waals surface area contributed by atoms with E-state index in [-0.39, 0.29) is 23.4 Å². The molecule has 1 aliphatic rings. The summed E-state index contributed by atoms with van der Waals surface area (Å²) in [6.45, 7) is 0.930. The van der Waals surface area contributed by atoms with E-state index in [0.29, 0.717) is 11.1 Å². The van der Waals surface area contributed by atoms with Crippen molar-refractivity contribution in [2.75, 3.05) is 13.2 Å². The number of aliphatic hydroxyl groups is 4. The van der Waals surface area contributed by atoms with Gasteiger partial charge in [0.05, 0.1) is 18.9 Å². The maximum Gasteiger partial charge on any atom is 0.344 e. The Kier molecular flexibility index (Phi) is 7.39. The minimum atomic E-state index is -1.78. The zero-order valence-corrected chi connectivity index (χ0v) is 18.9. The zero-order valence-electron chi connectivity index (χ0n) is 18.9. The van der Waals surface area contributed by atoms with Gasteiger partial charge in [-0.05, 0) is 12.5 Å². The molecule has 0 radical (unpaired) electrons. The summed E-state index contributed by atoms with van der Waals surface area (Å²) in [5.74, 6) is -0.894. The molecule has 1 aliphatic heterocycles. The SMILES string of the molecule is CCOC(=O)c1c(-c2ccccc2)c(-c2ccccc2)nn([C@@H]2O[C@H](CO)[C@@H](O)[C@H](O)[C@H]2O)c1=O. The molecule has 0 bridgehead atoms. The van der Waals surface area contributed by atoms with Crippen molar-refractivity contribution in [2.24, 2.45) is 0 Å². The lowest BCUT2D eigenvalue weighted by atomic mass is 9.95. The molecule has 5 atom stereocenters. The number of hydrogen-bond donors (Lipinski definition) is 4. The summed E-state index contributed by atoms with van der Waals surface area (Å²) >= 11 is 0. The van der Waals surface area contributed by atoms with Crippen molar-refractivity contribution in [1.82, 2.24) is 9.78 Å². The van der Waals surface area contributed by atoms with E-state index in [9.17, 15) is 30.0 Å². The molecule has 10 heteroatoms. The third-order valence-electron chi connectivity index (χ3n) is 5.81. The van der Waals surface area contributed by atoms with Gasteiger partial charge < -0.3 is 29.9 Å². The summed E-state index contributed by atoms with van der Waals surface area (Å²) in [6.07, 6.45) is -8.01. The number of hydrogen-bond acceptors (Lipinski definition) is 9. The molecule has 3 aromatic rings. The molecule has 4 rings (SSSR count). The predicted octanol–water partition coefficient (Wildman–Crippen LogP) is 0.726. The second kappa shape index (κ2) is 10.5. The van der Waals surface area contributed by atoms with Gasteiger partial charge in [-0.3, -0.25) is 4.79 Å². The van der Waals surface area contributed by atoms with Crippen LogP contribution in [0.5, 0.6) is 0 Å². The van der Waals surface area contributed by atoms with Gasteiger partial charge in [0.2, 0.25) is 0 Å². The minimum Gasteiger partial charge on any atom is -0.462 e. The van der Waals surface area contributed by atoms with Crippen molar-refractivity contribution in [3.63, 3.8) is 0 Å². The maximum absolute atomic E-state index is 13.7. The normalized spacial score (nSPS) is 24.2. The van der Waals surface area contributed by atoms with Crippen LogP contribution in [0.4, 0.5) is 0 Å². The van der Waals surface area contributed by atoms with Gasteiger partial charge in [-0.25, -0.2) is 4.79 Å². The molecular weight excluding hydrogens is 456 g/mol. The second-order valence-corrected chi connectivity index (χ2v) is 8.02. The second-order valence-electron chi connectivity index (χ2n) is 8.02. The number of nitrogens with zero attached hydrogens (tertiary/aromatic N) is 2. The van der Waals surface area contributed by atoms with Crippen molar-refractivity contribution < 1.29 is 34.7 Å². The lowest BCUT2D eigenvalue weighted by Crippen LogP contribution is -2.58. The Morgan fingerprint density at radius 1 is 0.971 bits per heavy atom. The topological polar surface area (TPSA) is 151 Å². The number of carbonyl (C=O) groups excluding carboxylic acids is 1. The molecule has 0 aliphatic carbocycles. The van der Waals surface area contributed by atoms with Crippen LogP contribution in [0.15, 0.2) is 65.5 Å². The van der Waals surface area contributed by atoms with Crippen molar-refractivity contribution in [3.8, 4) is 22.4 Å². The van der Waals surface area contributed by atoms with Gasteiger partial charge in [0.25, 0.3) is 5.56 Å². The Labute approximate surface area is 200 Å². The van der Waals surface area contributed by atoms with Crippen LogP contribution in [0.3, 0.4) is 0 Å². The molecule has 1 fully saturated rings. The van der Waals surface area contributed by atoms with E-state index in [2.05, 4.69) is 5.10 Å². The fourth-order valence-electron chi connectivity index (χ4n) is 4.08. The van der Waals surface area contributed by atoms with Crippen LogP contribution in [-0.4, -0.2) is 73.8 Å².